The highest BCUT2D eigenvalue weighted by Gasteiger charge is 2.45. The van der Waals surface area contributed by atoms with E-state index in [2.05, 4.69) is 5.32 Å². The molecule has 1 fully saturated rings. The number of alkyl carbamates (subject to hydrolysis) is 1. The predicted molar refractivity (Wildman–Crippen MR) is 106 cm³/mol. The standard InChI is InChI=1S/C18H26N2O4S2/c1-4-14(19-18(22)24-12-13-8-6-5-7-9-13)10-11-25-26-17-15(23-3)16(21)20(17)2/h5-9,14-15,17H,4,10-12H2,1-3H3,(H,19,22)/t14?,15-,17+/m0/s1. The molecule has 2 amide bonds. The van der Waals surface area contributed by atoms with Crippen molar-refractivity contribution < 1.29 is 19.1 Å². The van der Waals surface area contributed by atoms with E-state index in [-0.39, 0.29) is 36.1 Å². The van der Waals surface area contributed by atoms with Crippen LogP contribution in [0, 0.1) is 0 Å². The Morgan fingerprint density at radius 3 is 2.73 bits per heavy atom. The summed E-state index contributed by atoms with van der Waals surface area (Å²) in [5.41, 5.74) is 0.967. The average Bonchev–Trinajstić information content (AvgIpc) is 2.67. The Hall–Kier alpha value is -1.38. The third-order valence-electron chi connectivity index (χ3n) is 4.23. The molecule has 1 aromatic rings. The van der Waals surface area contributed by atoms with Gasteiger partial charge >= 0.3 is 6.09 Å². The van der Waals surface area contributed by atoms with Crippen LogP contribution in [-0.2, 0) is 20.9 Å². The quantitative estimate of drug-likeness (QED) is 0.371. The topological polar surface area (TPSA) is 67.9 Å². The predicted octanol–water partition coefficient (Wildman–Crippen LogP) is 3.28. The van der Waals surface area contributed by atoms with Crippen molar-refractivity contribution in [3.05, 3.63) is 35.9 Å². The number of benzene rings is 1. The first-order chi connectivity index (χ1) is 12.6. The summed E-state index contributed by atoms with van der Waals surface area (Å²) in [5.74, 6) is 0.900. The zero-order chi connectivity index (χ0) is 18.9. The number of carbonyl (C=O) groups is 2. The second-order valence-corrected chi connectivity index (χ2v) is 8.62. The number of methoxy groups -OCH3 is 1. The minimum absolute atomic E-state index is 0.0277. The second-order valence-electron chi connectivity index (χ2n) is 6.01. The van der Waals surface area contributed by atoms with Gasteiger partial charge in [0.2, 0.25) is 0 Å². The van der Waals surface area contributed by atoms with Crippen molar-refractivity contribution in [1.82, 2.24) is 10.2 Å². The molecule has 1 unspecified atom stereocenters. The highest BCUT2D eigenvalue weighted by molar-refractivity contribution is 8.77. The van der Waals surface area contributed by atoms with Gasteiger partial charge in [0.25, 0.3) is 5.91 Å². The van der Waals surface area contributed by atoms with E-state index in [0.717, 1.165) is 24.2 Å². The van der Waals surface area contributed by atoms with Crippen molar-refractivity contribution in [3.63, 3.8) is 0 Å². The molecule has 0 bridgehead atoms. The number of hydrogen-bond donors (Lipinski definition) is 1. The summed E-state index contributed by atoms with van der Waals surface area (Å²) in [7, 11) is 6.68. The van der Waals surface area contributed by atoms with Crippen LogP contribution in [0.1, 0.15) is 25.3 Å². The van der Waals surface area contributed by atoms with Gasteiger partial charge < -0.3 is 19.7 Å². The summed E-state index contributed by atoms with van der Waals surface area (Å²) in [6, 6.07) is 9.69. The molecule has 1 N–H and O–H groups in total. The molecular formula is C18H26N2O4S2. The maximum atomic E-state index is 11.9. The molecule has 1 aromatic carbocycles. The lowest BCUT2D eigenvalue weighted by Gasteiger charge is -2.42. The van der Waals surface area contributed by atoms with Crippen LogP contribution >= 0.6 is 21.6 Å². The first-order valence-electron chi connectivity index (χ1n) is 8.61. The van der Waals surface area contributed by atoms with Crippen LogP contribution in [0.2, 0.25) is 0 Å². The number of hydrogen-bond acceptors (Lipinski definition) is 6. The van der Waals surface area contributed by atoms with Crippen molar-refractivity contribution in [3.8, 4) is 0 Å². The number of β-lactam (4-membered cyclic amide) rings is 1. The summed E-state index contributed by atoms with van der Waals surface area (Å²) < 4.78 is 10.5. The maximum Gasteiger partial charge on any atom is 0.407 e. The Kier molecular flexibility index (Phi) is 8.61. The monoisotopic (exact) mass is 398 g/mol. The van der Waals surface area contributed by atoms with Crippen LogP contribution in [0.3, 0.4) is 0 Å². The van der Waals surface area contributed by atoms with E-state index in [4.69, 9.17) is 9.47 Å². The van der Waals surface area contributed by atoms with Gasteiger partial charge in [-0.1, -0.05) is 58.8 Å². The third kappa shape index (κ3) is 5.82. The lowest BCUT2D eigenvalue weighted by Crippen LogP contribution is -2.61. The molecule has 0 aromatic heterocycles. The first-order valence-corrected chi connectivity index (χ1v) is 11.0. The van der Waals surface area contributed by atoms with Gasteiger partial charge in [-0.15, -0.1) is 0 Å². The molecular weight excluding hydrogens is 372 g/mol. The molecule has 6 nitrogen and oxygen atoms in total. The molecule has 0 saturated carbocycles. The van der Waals surface area contributed by atoms with Crippen molar-refractivity contribution in [2.75, 3.05) is 19.9 Å². The highest BCUT2D eigenvalue weighted by Crippen LogP contribution is 2.38. The first kappa shape index (κ1) is 20.9. The third-order valence-corrected chi connectivity index (χ3v) is 7.03. The van der Waals surface area contributed by atoms with E-state index in [0.29, 0.717) is 0 Å². The summed E-state index contributed by atoms with van der Waals surface area (Å²) in [5, 5.41) is 2.97. The smallest absolute Gasteiger partial charge is 0.407 e. The van der Waals surface area contributed by atoms with Gasteiger partial charge in [-0.25, -0.2) is 4.79 Å². The largest absolute Gasteiger partial charge is 0.445 e. The minimum atomic E-state index is -0.387. The molecule has 3 atom stereocenters. The van der Waals surface area contributed by atoms with E-state index in [9.17, 15) is 9.59 Å². The van der Waals surface area contributed by atoms with Gasteiger partial charge in [0.15, 0.2) is 6.10 Å². The van der Waals surface area contributed by atoms with Crippen LogP contribution < -0.4 is 5.32 Å². The van der Waals surface area contributed by atoms with E-state index in [1.54, 1.807) is 40.6 Å². The van der Waals surface area contributed by atoms with Crippen molar-refractivity contribution >= 4 is 33.6 Å². The van der Waals surface area contributed by atoms with E-state index in [1.165, 1.54) is 0 Å². The Bertz CT molecular complexity index is 588. The zero-order valence-electron chi connectivity index (χ0n) is 15.3. The van der Waals surface area contributed by atoms with Crippen LogP contribution in [0.25, 0.3) is 0 Å². The summed E-state index contributed by atoms with van der Waals surface area (Å²) in [4.78, 5) is 25.2. The lowest BCUT2D eigenvalue weighted by molar-refractivity contribution is -0.159. The number of ether oxygens (including phenoxy) is 2. The van der Waals surface area contributed by atoms with Gasteiger partial charge in [0.05, 0.1) is 0 Å². The summed E-state index contributed by atoms with van der Waals surface area (Å²) in [6.07, 6.45) is 0.956. The van der Waals surface area contributed by atoms with Crippen molar-refractivity contribution in [1.29, 1.82) is 0 Å². The number of likely N-dealkylation sites (tertiary alicyclic amines) is 1. The van der Waals surface area contributed by atoms with Gasteiger partial charge in [0, 0.05) is 26.0 Å². The molecule has 0 aliphatic carbocycles. The summed E-state index contributed by atoms with van der Waals surface area (Å²) in [6.45, 7) is 2.31. The fraction of sp³-hybridized carbons (Fsp3) is 0.556. The van der Waals surface area contributed by atoms with Crippen LogP contribution in [0.15, 0.2) is 30.3 Å². The molecule has 144 valence electrons. The van der Waals surface area contributed by atoms with Crippen LogP contribution in [-0.4, -0.2) is 54.3 Å². The Balaban J connectivity index is 1.62. The number of carbonyl (C=O) groups excluding carboxylic acids is 2. The van der Waals surface area contributed by atoms with Gasteiger partial charge in [0.1, 0.15) is 12.0 Å². The molecule has 1 heterocycles. The molecule has 1 saturated heterocycles. The molecule has 1 aliphatic rings. The van der Waals surface area contributed by atoms with Crippen molar-refractivity contribution in [2.45, 2.75) is 43.9 Å². The van der Waals surface area contributed by atoms with Crippen molar-refractivity contribution in [2.24, 2.45) is 0 Å². The van der Waals surface area contributed by atoms with Gasteiger partial charge in [-0.3, -0.25) is 4.79 Å². The zero-order valence-corrected chi connectivity index (χ0v) is 17.0. The number of likely N-dealkylation sites (N-methyl/N-ethyl adjacent to an activating group) is 1. The van der Waals surface area contributed by atoms with E-state index in [1.807, 2.05) is 37.3 Å². The Morgan fingerprint density at radius 2 is 2.08 bits per heavy atom. The molecule has 0 radical (unpaired) electrons. The molecule has 26 heavy (non-hydrogen) atoms. The molecule has 1 aliphatic heterocycles. The Morgan fingerprint density at radius 1 is 1.35 bits per heavy atom. The number of rotatable bonds is 10. The minimum Gasteiger partial charge on any atom is -0.445 e. The maximum absolute atomic E-state index is 11.9. The Labute approximate surface area is 162 Å². The molecule has 8 heteroatoms. The molecule has 2 rings (SSSR count). The second kappa shape index (κ2) is 10.7. The SMILES string of the molecule is CCC(CCSS[C@@H]1[C@@H](OC)C(=O)N1C)NC(=O)OCc1ccccc1. The van der Waals surface area contributed by atoms with Crippen LogP contribution in [0.4, 0.5) is 4.79 Å². The normalized spacial score (nSPS) is 20.4. The van der Waals surface area contributed by atoms with Crippen LogP contribution in [0.5, 0.6) is 0 Å². The fourth-order valence-electron chi connectivity index (χ4n) is 2.52. The van der Waals surface area contributed by atoms with Gasteiger partial charge in [-0.2, -0.15) is 0 Å². The fourth-order valence-corrected chi connectivity index (χ4v) is 5.38. The number of amides is 2. The summed E-state index contributed by atoms with van der Waals surface area (Å²) >= 11 is 0. The number of nitrogens with zero attached hydrogens (tertiary/aromatic N) is 1. The lowest BCUT2D eigenvalue weighted by atomic mass is 10.1. The molecule has 0 spiro atoms. The van der Waals surface area contributed by atoms with E-state index < -0.39 is 0 Å². The number of nitrogens with one attached hydrogen (secondary N) is 1. The van der Waals surface area contributed by atoms with E-state index >= 15 is 0 Å². The van der Waals surface area contributed by atoms with Gasteiger partial charge in [-0.05, 0) is 18.4 Å². The average molecular weight is 399 g/mol. The highest BCUT2D eigenvalue weighted by atomic mass is 33.1.